The fourth-order valence-corrected chi connectivity index (χ4v) is 5.34. The van der Waals surface area contributed by atoms with Gasteiger partial charge in [-0.05, 0) is 0 Å². The lowest BCUT2D eigenvalue weighted by Gasteiger charge is -2.44. The molecule has 1 aromatic rings. The SMILES string of the molecule is CC(=O)OCC1OC(SC2=C(Cl)C(=O)c3ccccc3C2=O)C(OC(C)=O)C(OC(C)=O)C1OC(C)=O. The van der Waals surface area contributed by atoms with Crippen LogP contribution in [0, 0.1) is 0 Å². The topological polar surface area (TPSA) is 149 Å². The summed E-state index contributed by atoms with van der Waals surface area (Å²) >= 11 is 6.96. The number of hydrogen-bond donors (Lipinski definition) is 0. The Kier molecular flexibility index (Phi) is 9.11. The van der Waals surface area contributed by atoms with E-state index in [1.807, 2.05) is 0 Å². The summed E-state index contributed by atoms with van der Waals surface area (Å²) in [5.41, 5.74) is -1.06. The molecule has 2 aliphatic rings. The first-order valence-corrected chi connectivity index (χ1v) is 12.2. The number of Topliss-reactive ketones (excluding diaryl/α,β-unsaturated/α-hetero) is 2. The fourth-order valence-electron chi connectivity index (χ4n) is 3.83. The molecule has 0 bridgehead atoms. The molecule has 5 atom stereocenters. The zero-order valence-corrected chi connectivity index (χ0v) is 21.8. The number of fused-ring (bicyclic) bond motifs is 1. The molecule has 0 aromatic heterocycles. The van der Waals surface area contributed by atoms with Crippen LogP contribution in [0.2, 0.25) is 0 Å². The van der Waals surface area contributed by atoms with Gasteiger partial charge in [0.25, 0.3) is 0 Å². The first-order valence-electron chi connectivity index (χ1n) is 11.0. The Bertz CT molecular complexity index is 1180. The van der Waals surface area contributed by atoms with Gasteiger partial charge in [0.1, 0.15) is 23.2 Å². The molecule has 0 spiro atoms. The Balaban J connectivity index is 2.06. The van der Waals surface area contributed by atoms with Crippen LogP contribution in [0.1, 0.15) is 48.4 Å². The molecule has 0 amide bonds. The van der Waals surface area contributed by atoms with Crippen LogP contribution < -0.4 is 0 Å². The number of ketones is 2. The first-order chi connectivity index (χ1) is 17.4. The number of halogens is 1. The number of rotatable bonds is 7. The van der Waals surface area contributed by atoms with Crippen LogP contribution in [0.5, 0.6) is 0 Å². The van der Waals surface area contributed by atoms with Crippen molar-refractivity contribution in [3.8, 4) is 0 Å². The molecule has 1 fully saturated rings. The highest BCUT2D eigenvalue weighted by Crippen LogP contribution is 2.42. The maximum absolute atomic E-state index is 13.2. The summed E-state index contributed by atoms with van der Waals surface area (Å²) in [7, 11) is 0. The van der Waals surface area contributed by atoms with Crippen molar-refractivity contribution in [3.05, 3.63) is 45.3 Å². The molecular weight excluding hydrogens is 532 g/mol. The maximum Gasteiger partial charge on any atom is 0.303 e. The van der Waals surface area contributed by atoms with Crippen LogP contribution in [-0.2, 0) is 42.9 Å². The number of benzene rings is 1. The normalized spacial score (nSPS) is 25.2. The minimum Gasteiger partial charge on any atom is -0.463 e. The Morgan fingerprint density at radius 2 is 1.32 bits per heavy atom. The summed E-state index contributed by atoms with van der Waals surface area (Å²) < 4.78 is 27.1. The number of esters is 4. The van der Waals surface area contributed by atoms with Gasteiger partial charge >= 0.3 is 23.9 Å². The number of ether oxygens (including phenoxy) is 5. The van der Waals surface area contributed by atoms with Gasteiger partial charge < -0.3 is 23.7 Å². The Morgan fingerprint density at radius 3 is 1.86 bits per heavy atom. The summed E-state index contributed by atoms with van der Waals surface area (Å²) in [6.45, 7) is 4.00. The zero-order chi connectivity index (χ0) is 27.4. The van der Waals surface area contributed by atoms with Crippen LogP contribution in [0.15, 0.2) is 34.2 Å². The van der Waals surface area contributed by atoms with Gasteiger partial charge in [-0.3, -0.25) is 28.8 Å². The number of hydrogen-bond acceptors (Lipinski definition) is 12. The highest BCUT2D eigenvalue weighted by atomic mass is 35.5. The lowest BCUT2D eigenvalue weighted by Crippen LogP contribution is -2.61. The predicted octanol–water partition coefficient (Wildman–Crippen LogP) is 2.33. The molecule has 198 valence electrons. The molecule has 1 saturated heterocycles. The molecule has 1 heterocycles. The van der Waals surface area contributed by atoms with Crippen LogP contribution in [0.3, 0.4) is 0 Å². The minimum atomic E-state index is -1.42. The molecule has 37 heavy (non-hydrogen) atoms. The van der Waals surface area contributed by atoms with Crippen molar-refractivity contribution in [2.45, 2.75) is 57.5 Å². The molecule has 0 saturated carbocycles. The van der Waals surface area contributed by atoms with Crippen molar-refractivity contribution < 1.29 is 52.5 Å². The second kappa shape index (κ2) is 11.9. The van der Waals surface area contributed by atoms with Gasteiger partial charge in [-0.15, -0.1) is 0 Å². The summed E-state index contributed by atoms with van der Waals surface area (Å²) in [5.74, 6) is -4.21. The standard InChI is InChI=1S/C24H23ClO11S/c1-10(26)32-9-16-20(33-11(2)27)21(34-12(3)28)22(35-13(4)29)24(36-16)37-23-17(25)18(30)14-7-5-6-8-15(14)19(23)31/h5-8,16,20-22,24H,9H2,1-4H3. The van der Waals surface area contributed by atoms with Crippen molar-refractivity contribution in [2.75, 3.05) is 6.61 Å². The fraction of sp³-hybridized carbons (Fsp3) is 0.417. The number of carbonyl (C=O) groups excluding carboxylic acids is 6. The summed E-state index contributed by atoms with van der Waals surface area (Å²) in [6.07, 6.45) is -5.39. The Hall–Kier alpha value is -3.22. The van der Waals surface area contributed by atoms with E-state index in [0.717, 1.165) is 27.7 Å². The third-order valence-corrected chi connectivity index (χ3v) is 6.91. The largest absolute Gasteiger partial charge is 0.463 e. The molecule has 3 rings (SSSR count). The molecule has 13 heteroatoms. The molecular formula is C24H23ClO11S. The van der Waals surface area contributed by atoms with Crippen LogP contribution in [0.25, 0.3) is 0 Å². The van der Waals surface area contributed by atoms with E-state index in [9.17, 15) is 28.8 Å². The van der Waals surface area contributed by atoms with E-state index in [1.165, 1.54) is 12.1 Å². The van der Waals surface area contributed by atoms with Gasteiger partial charge in [0.05, 0.1) is 4.91 Å². The van der Waals surface area contributed by atoms with E-state index in [4.69, 9.17) is 35.3 Å². The molecule has 0 N–H and O–H groups in total. The van der Waals surface area contributed by atoms with E-state index >= 15 is 0 Å². The average molecular weight is 555 g/mol. The van der Waals surface area contributed by atoms with Crippen molar-refractivity contribution in [1.29, 1.82) is 0 Å². The van der Waals surface area contributed by atoms with E-state index in [2.05, 4.69) is 0 Å². The second-order valence-electron chi connectivity index (χ2n) is 8.03. The molecule has 1 aliphatic heterocycles. The van der Waals surface area contributed by atoms with Gasteiger partial charge in [0.15, 0.2) is 18.3 Å². The number of allylic oxidation sites excluding steroid dienone is 2. The van der Waals surface area contributed by atoms with Crippen molar-refractivity contribution >= 4 is 58.8 Å². The summed E-state index contributed by atoms with van der Waals surface area (Å²) in [6, 6.07) is 6.10. The third-order valence-electron chi connectivity index (χ3n) is 5.20. The minimum absolute atomic E-state index is 0.116. The van der Waals surface area contributed by atoms with Crippen LogP contribution in [0.4, 0.5) is 0 Å². The quantitative estimate of drug-likeness (QED) is 0.359. The number of thioether (sulfide) groups is 1. The molecule has 5 unspecified atom stereocenters. The molecule has 1 aliphatic carbocycles. The van der Waals surface area contributed by atoms with Gasteiger partial charge in [0.2, 0.25) is 11.6 Å². The van der Waals surface area contributed by atoms with Crippen molar-refractivity contribution in [3.63, 3.8) is 0 Å². The summed E-state index contributed by atoms with van der Waals surface area (Å²) in [4.78, 5) is 73.1. The highest BCUT2D eigenvalue weighted by Gasteiger charge is 2.53. The predicted molar refractivity (Wildman–Crippen MR) is 128 cm³/mol. The van der Waals surface area contributed by atoms with Crippen molar-refractivity contribution in [2.24, 2.45) is 0 Å². The average Bonchev–Trinajstić information content (AvgIpc) is 2.81. The number of carbonyl (C=O) groups is 6. The monoisotopic (exact) mass is 554 g/mol. The third kappa shape index (κ3) is 6.56. The van der Waals surface area contributed by atoms with Crippen LogP contribution in [-0.4, -0.2) is 71.9 Å². The Labute approximate surface area is 220 Å². The molecule has 1 aromatic carbocycles. The molecule has 0 radical (unpaired) electrons. The van der Waals surface area contributed by atoms with Gasteiger partial charge in [-0.25, -0.2) is 0 Å². The van der Waals surface area contributed by atoms with Gasteiger partial charge in [0, 0.05) is 38.8 Å². The van der Waals surface area contributed by atoms with Crippen molar-refractivity contribution in [1.82, 2.24) is 0 Å². The smallest absolute Gasteiger partial charge is 0.303 e. The second-order valence-corrected chi connectivity index (χ2v) is 9.52. The van der Waals surface area contributed by atoms with Crippen LogP contribution >= 0.6 is 23.4 Å². The lowest BCUT2D eigenvalue weighted by atomic mass is 9.94. The van der Waals surface area contributed by atoms with E-state index in [-0.39, 0.29) is 21.1 Å². The Morgan fingerprint density at radius 1 is 0.811 bits per heavy atom. The highest BCUT2D eigenvalue weighted by molar-refractivity contribution is 8.04. The van der Waals surface area contributed by atoms with E-state index in [0.29, 0.717) is 11.8 Å². The first kappa shape index (κ1) is 28.4. The lowest BCUT2D eigenvalue weighted by molar-refractivity contribution is -0.237. The van der Waals surface area contributed by atoms with Gasteiger partial charge in [-0.2, -0.15) is 0 Å². The maximum atomic E-state index is 13.2. The molecule has 11 nitrogen and oxygen atoms in total. The van der Waals surface area contributed by atoms with E-state index in [1.54, 1.807) is 12.1 Å². The zero-order valence-electron chi connectivity index (χ0n) is 20.2. The van der Waals surface area contributed by atoms with E-state index < -0.39 is 71.9 Å². The van der Waals surface area contributed by atoms with Gasteiger partial charge in [-0.1, -0.05) is 47.6 Å². The summed E-state index contributed by atoms with van der Waals surface area (Å²) in [5, 5.41) is -0.374.